The zero-order valence-electron chi connectivity index (χ0n) is 19.9. The highest BCUT2D eigenvalue weighted by Crippen LogP contribution is 2.35. The van der Waals surface area contributed by atoms with E-state index >= 15 is 0 Å². The van der Waals surface area contributed by atoms with E-state index in [0.29, 0.717) is 18.0 Å². The van der Waals surface area contributed by atoms with Crippen LogP contribution in [0, 0.1) is 0 Å². The second-order valence-corrected chi connectivity index (χ2v) is 10.2. The van der Waals surface area contributed by atoms with Crippen LogP contribution in [0.3, 0.4) is 0 Å². The lowest BCUT2D eigenvalue weighted by molar-refractivity contribution is -0.136. The molecular weight excluding hydrogens is 452 g/mol. The molecule has 0 fully saturated rings. The fourth-order valence-corrected chi connectivity index (χ4v) is 5.08. The van der Waals surface area contributed by atoms with Crippen LogP contribution in [0.25, 0.3) is 0 Å². The molecule has 8 heteroatoms. The lowest BCUT2D eigenvalue weighted by Crippen LogP contribution is -2.53. The average Bonchev–Trinajstić information content (AvgIpc) is 3.52. The van der Waals surface area contributed by atoms with E-state index in [1.165, 1.54) is 11.1 Å². The largest absolute Gasteiger partial charge is 0.493 e. The number of thiophene rings is 1. The number of hydrogen-bond donors (Lipinski definition) is 0. The van der Waals surface area contributed by atoms with Crippen molar-refractivity contribution in [2.75, 3.05) is 26.8 Å². The van der Waals surface area contributed by atoms with Gasteiger partial charge in [0, 0.05) is 17.0 Å². The van der Waals surface area contributed by atoms with Crippen LogP contribution >= 0.6 is 11.3 Å². The molecule has 2 amide bonds. The summed E-state index contributed by atoms with van der Waals surface area (Å²) in [5.74, 6) is 1.06. The highest BCUT2D eigenvalue weighted by Gasteiger charge is 2.36. The molecule has 34 heavy (non-hydrogen) atoms. The predicted molar refractivity (Wildman–Crippen MR) is 130 cm³/mol. The number of fused-ring (bicyclic) bond motifs is 1. The van der Waals surface area contributed by atoms with E-state index in [0.717, 1.165) is 12.0 Å². The number of benzene rings is 1. The number of amides is 2. The highest BCUT2D eigenvalue weighted by molar-refractivity contribution is 7.10. The Balaban J connectivity index is 1.56. The van der Waals surface area contributed by atoms with Gasteiger partial charge in [-0.1, -0.05) is 12.1 Å². The summed E-state index contributed by atoms with van der Waals surface area (Å²) >= 11 is 1.70. The van der Waals surface area contributed by atoms with Gasteiger partial charge in [0.15, 0.2) is 17.3 Å². The van der Waals surface area contributed by atoms with E-state index < -0.39 is 5.54 Å². The first-order valence-electron chi connectivity index (χ1n) is 11.3. The van der Waals surface area contributed by atoms with Crippen molar-refractivity contribution in [2.24, 2.45) is 0 Å². The lowest BCUT2D eigenvalue weighted by Gasteiger charge is -2.40. The van der Waals surface area contributed by atoms with Crippen LogP contribution in [-0.4, -0.2) is 54.0 Å². The summed E-state index contributed by atoms with van der Waals surface area (Å²) in [6, 6.07) is 12.6. The maximum atomic E-state index is 13.6. The van der Waals surface area contributed by atoms with E-state index in [1.54, 1.807) is 35.5 Å². The first-order chi connectivity index (χ1) is 16.3. The fourth-order valence-electron chi connectivity index (χ4n) is 4.15. The number of furan rings is 1. The summed E-state index contributed by atoms with van der Waals surface area (Å²) in [6.45, 7) is 6.55. The zero-order chi connectivity index (χ0) is 24.3. The molecule has 4 rings (SSSR count). The summed E-state index contributed by atoms with van der Waals surface area (Å²) in [5, 5.41) is 2.05. The number of ether oxygens (including phenoxy) is 2. The van der Waals surface area contributed by atoms with Crippen molar-refractivity contribution in [2.45, 2.75) is 38.8 Å². The van der Waals surface area contributed by atoms with Crippen LogP contribution in [-0.2, 0) is 11.2 Å². The number of rotatable bonds is 7. The molecule has 1 aliphatic heterocycles. The minimum absolute atomic E-state index is 0.0480. The number of nitrogens with zero attached hydrogens (tertiary/aromatic N) is 2. The molecule has 0 spiro atoms. The molecule has 0 radical (unpaired) electrons. The van der Waals surface area contributed by atoms with Crippen molar-refractivity contribution in [1.82, 2.24) is 9.80 Å². The maximum Gasteiger partial charge on any atom is 0.290 e. The molecule has 1 unspecified atom stereocenters. The van der Waals surface area contributed by atoms with Crippen LogP contribution in [0.1, 0.15) is 47.8 Å². The van der Waals surface area contributed by atoms with Crippen molar-refractivity contribution >= 4 is 23.2 Å². The predicted octanol–water partition coefficient (Wildman–Crippen LogP) is 4.80. The number of hydrogen-bond acceptors (Lipinski definition) is 6. The lowest BCUT2D eigenvalue weighted by atomic mass is 9.99. The molecule has 1 aromatic carbocycles. The smallest absolute Gasteiger partial charge is 0.290 e. The number of carbonyl (C=O) groups excluding carboxylic acids is 2. The van der Waals surface area contributed by atoms with E-state index in [2.05, 4.69) is 11.4 Å². The SMILES string of the molecule is COc1ccccc1OCC1c2ccsc2CCN1C(=O)CN(C(=O)c1ccco1)C(C)(C)C. The Morgan fingerprint density at radius 2 is 1.91 bits per heavy atom. The summed E-state index contributed by atoms with van der Waals surface area (Å²) in [4.78, 5) is 31.4. The Morgan fingerprint density at radius 3 is 2.59 bits per heavy atom. The molecule has 0 saturated carbocycles. The van der Waals surface area contributed by atoms with Gasteiger partial charge in [-0.05, 0) is 68.5 Å². The van der Waals surface area contributed by atoms with E-state index in [4.69, 9.17) is 13.9 Å². The van der Waals surface area contributed by atoms with Gasteiger partial charge in [0.05, 0.1) is 19.4 Å². The van der Waals surface area contributed by atoms with Gasteiger partial charge in [-0.3, -0.25) is 9.59 Å². The van der Waals surface area contributed by atoms with E-state index in [-0.39, 0.29) is 36.8 Å². The Hall–Kier alpha value is -3.26. The third-order valence-corrected chi connectivity index (χ3v) is 6.96. The molecule has 0 bridgehead atoms. The molecular formula is C26H30N2O5S. The first kappa shape index (κ1) is 23.9. The van der Waals surface area contributed by atoms with Gasteiger partial charge >= 0.3 is 0 Å². The Kier molecular flexibility index (Phi) is 6.97. The van der Waals surface area contributed by atoms with Crippen LogP contribution in [0.5, 0.6) is 11.5 Å². The Labute approximate surface area is 203 Å². The normalized spacial score (nSPS) is 15.5. The summed E-state index contributed by atoms with van der Waals surface area (Å²) in [6.07, 6.45) is 2.25. The minimum atomic E-state index is -0.563. The van der Waals surface area contributed by atoms with Crippen LogP contribution < -0.4 is 9.47 Å². The molecule has 1 atom stereocenters. The van der Waals surface area contributed by atoms with Gasteiger partial charge in [-0.25, -0.2) is 0 Å². The minimum Gasteiger partial charge on any atom is -0.493 e. The Morgan fingerprint density at radius 1 is 1.15 bits per heavy atom. The van der Waals surface area contributed by atoms with Gasteiger partial charge < -0.3 is 23.7 Å². The highest BCUT2D eigenvalue weighted by atomic mass is 32.1. The summed E-state index contributed by atoms with van der Waals surface area (Å²) < 4.78 is 16.9. The van der Waals surface area contributed by atoms with E-state index in [9.17, 15) is 9.59 Å². The summed E-state index contributed by atoms with van der Waals surface area (Å²) in [7, 11) is 1.60. The molecule has 1 aliphatic rings. The fraction of sp³-hybridized carbons (Fsp3) is 0.385. The third-order valence-electron chi connectivity index (χ3n) is 5.96. The number of methoxy groups -OCH3 is 1. The van der Waals surface area contributed by atoms with Crippen molar-refractivity contribution in [3.63, 3.8) is 0 Å². The van der Waals surface area contributed by atoms with Gasteiger partial charge in [-0.15, -0.1) is 11.3 Å². The maximum absolute atomic E-state index is 13.6. The second-order valence-electron chi connectivity index (χ2n) is 9.15. The summed E-state index contributed by atoms with van der Waals surface area (Å²) in [5.41, 5.74) is 0.533. The standard InChI is InChI=1S/C26H30N2O5S/c1-26(2,3)28(25(30)22-10-7-14-32-22)16-24(29)27-13-11-23-18(12-15-34-23)19(27)17-33-21-9-6-5-8-20(21)31-4/h5-10,12,14-15,19H,11,13,16-17H2,1-4H3. The Bertz CT molecular complexity index is 1130. The first-order valence-corrected chi connectivity index (χ1v) is 12.1. The molecule has 3 aromatic rings. The number of para-hydroxylation sites is 2. The molecule has 180 valence electrons. The second kappa shape index (κ2) is 9.93. The van der Waals surface area contributed by atoms with Gasteiger partial charge in [-0.2, -0.15) is 0 Å². The average molecular weight is 483 g/mol. The van der Waals surface area contributed by atoms with Gasteiger partial charge in [0.2, 0.25) is 5.91 Å². The number of carbonyl (C=O) groups is 2. The third kappa shape index (κ3) is 4.97. The van der Waals surface area contributed by atoms with Crippen molar-refractivity contribution in [3.05, 3.63) is 70.3 Å². The molecule has 7 nitrogen and oxygen atoms in total. The van der Waals surface area contributed by atoms with Crippen LogP contribution in [0.4, 0.5) is 0 Å². The van der Waals surface area contributed by atoms with Gasteiger partial charge in [0.1, 0.15) is 13.2 Å². The van der Waals surface area contributed by atoms with Crippen molar-refractivity contribution in [3.8, 4) is 11.5 Å². The van der Waals surface area contributed by atoms with Gasteiger partial charge in [0.25, 0.3) is 5.91 Å². The molecule has 0 saturated heterocycles. The van der Waals surface area contributed by atoms with Crippen LogP contribution in [0.15, 0.2) is 58.5 Å². The monoisotopic (exact) mass is 482 g/mol. The van der Waals surface area contributed by atoms with Crippen molar-refractivity contribution < 1.29 is 23.5 Å². The molecule has 0 aliphatic carbocycles. The molecule has 0 N–H and O–H groups in total. The topological polar surface area (TPSA) is 72.2 Å². The molecule has 3 heterocycles. The zero-order valence-corrected chi connectivity index (χ0v) is 20.8. The van der Waals surface area contributed by atoms with Crippen molar-refractivity contribution in [1.29, 1.82) is 0 Å². The molecule has 2 aromatic heterocycles. The quantitative estimate of drug-likeness (QED) is 0.484. The van der Waals surface area contributed by atoms with Crippen LogP contribution in [0.2, 0.25) is 0 Å². The van der Waals surface area contributed by atoms with E-state index in [1.807, 2.05) is 49.9 Å².